The second kappa shape index (κ2) is 9.40. The van der Waals surface area contributed by atoms with E-state index in [4.69, 9.17) is 33.7 Å². The lowest BCUT2D eigenvalue weighted by atomic mass is 9.92. The first-order valence-electron chi connectivity index (χ1n) is 10.1. The van der Waals surface area contributed by atoms with Crippen LogP contribution in [0.25, 0.3) is 11.1 Å². The molecule has 4 rings (SSSR count). The second-order valence-electron chi connectivity index (χ2n) is 7.64. The summed E-state index contributed by atoms with van der Waals surface area (Å²) in [6, 6.07) is 11.1. The Bertz CT molecular complexity index is 1040. The number of piperidine rings is 1. The molecule has 8 heteroatoms. The minimum atomic E-state index is -0.415. The lowest BCUT2D eigenvalue weighted by molar-refractivity contribution is 0.112. The van der Waals surface area contributed by atoms with Gasteiger partial charge in [-0.3, -0.25) is 4.98 Å². The van der Waals surface area contributed by atoms with Gasteiger partial charge in [0.1, 0.15) is 6.10 Å². The second-order valence-corrected chi connectivity index (χ2v) is 8.46. The van der Waals surface area contributed by atoms with E-state index in [0.29, 0.717) is 21.4 Å². The van der Waals surface area contributed by atoms with Crippen molar-refractivity contribution in [2.24, 2.45) is 0 Å². The summed E-state index contributed by atoms with van der Waals surface area (Å²) in [4.78, 5) is 8.86. The average molecular weight is 459 g/mol. The number of anilines is 1. The summed E-state index contributed by atoms with van der Waals surface area (Å²) in [6.45, 7) is 3.41. The van der Waals surface area contributed by atoms with E-state index in [0.717, 1.165) is 36.3 Å². The number of nitrogens with zero attached hydrogens (tertiary/aromatic N) is 2. The van der Waals surface area contributed by atoms with E-state index >= 15 is 0 Å². The van der Waals surface area contributed by atoms with E-state index in [1.165, 1.54) is 0 Å². The molecular weight excluding hydrogens is 435 g/mol. The van der Waals surface area contributed by atoms with Gasteiger partial charge >= 0.3 is 0 Å². The van der Waals surface area contributed by atoms with Gasteiger partial charge in [0.15, 0.2) is 11.6 Å². The van der Waals surface area contributed by atoms with Gasteiger partial charge in [-0.15, -0.1) is 0 Å². The normalized spacial score (nSPS) is 19.7. The van der Waals surface area contributed by atoms with Gasteiger partial charge in [0.25, 0.3) is 0 Å². The molecule has 1 aromatic carbocycles. The SMILES string of the molecule is CC(Oc1cc(-c2ccc(C3CNCCC3O)nc2)cnc1N)c1c(Cl)cccc1Cl. The average Bonchev–Trinajstić information content (AvgIpc) is 2.76. The molecular formula is C23H24Cl2N4O2. The highest BCUT2D eigenvalue weighted by Crippen LogP contribution is 2.36. The minimum Gasteiger partial charge on any atom is -0.482 e. The van der Waals surface area contributed by atoms with Crippen molar-refractivity contribution >= 4 is 29.0 Å². The summed E-state index contributed by atoms with van der Waals surface area (Å²) in [5.41, 5.74) is 9.32. The summed E-state index contributed by atoms with van der Waals surface area (Å²) in [6.07, 6.45) is 3.40. The molecule has 162 valence electrons. The van der Waals surface area contributed by atoms with Crippen molar-refractivity contribution in [3.63, 3.8) is 0 Å². The maximum atomic E-state index is 10.3. The van der Waals surface area contributed by atoms with Gasteiger partial charge < -0.3 is 20.9 Å². The van der Waals surface area contributed by atoms with Gasteiger partial charge in [-0.25, -0.2) is 4.98 Å². The maximum Gasteiger partial charge on any atom is 0.166 e. The Balaban J connectivity index is 1.56. The van der Waals surface area contributed by atoms with Gasteiger partial charge in [0, 0.05) is 57.3 Å². The van der Waals surface area contributed by atoms with Crippen LogP contribution in [0.2, 0.25) is 10.0 Å². The monoisotopic (exact) mass is 458 g/mol. The first kappa shape index (κ1) is 21.8. The van der Waals surface area contributed by atoms with Crippen LogP contribution < -0.4 is 15.8 Å². The van der Waals surface area contributed by atoms with Crippen molar-refractivity contribution in [1.82, 2.24) is 15.3 Å². The molecule has 3 unspecified atom stereocenters. The zero-order valence-corrected chi connectivity index (χ0v) is 18.6. The third kappa shape index (κ3) is 4.77. The number of pyridine rings is 2. The number of ether oxygens (including phenoxy) is 1. The third-order valence-electron chi connectivity index (χ3n) is 5.54. The molecule has 1 fully saturated rings. The van der Waals surface area contributed by atoms with Gasteiger partial charge in [0.05, 0.1) is 6.10 Å². The molecule has 2 aromatic heterocycles. The van der Waals surface area contributed by atoms with Crippen molar-refractivity contribution in [3.8, 4) is 16.9 Å². The maximum absolute atomic E-state index is 10.3. The molecule has 0 aliphatic carbocycles. The molecule has 0 spiro atoms. The standard InChI is InChI=1S/C23H24Cl2N4O2/c1-13(22-17(24)3-2-4-18(22)25)31-21-9-15(11-29-23(21)26)14-5-6-19(28-10-14)16-12-27-8-7-20(16)30/h2-6,9-11,13,16,20,27,30H,7-8,12H2,1H3,(H2,26,29). The molecule has 1 saturated heterocycles. The van der Waals surface area contributed by atoms with Gasteiger partial charge in [0.2, 0.25) is 0 Å². The van der Waals surface area contributed by atoms with E-state index in [9.17, 15) is 5.11 Å². The Morgan fingerprint density at radius 2 is 1.87 bits per heavy atom. The Labute approximate surface area is 191 Å². The number of nitrogens with two attached hydrogens (primary N) is 1. The van der Waals surface area contributed by atoms with Crippen LogP contribution in [0.1, 0.15) is 36.6 Å². The van der Waals surface area contributed by atoms with Crippen molar-refractivity contribution in [2.45, 2.75) is 31.5 Å². The Kier molecular flexibility index (Phi) is 6.62. The summed E-state index contributed by atoms with van der Waals surface area (Å²) in [5, 5.41) is 14.6. The van der Waals surface area contributed by atoms with Crippen LogP contribution in [-0.2, 0) is 0 Å². The fourth-order valence-electron chi connectivity index (χ4n) is 3.80. The first-order chi connectivity index (χ1) is 14.9. The molecule has 3 aromatic rings. The largest absolute Gasteiger partial charge is 0.482 e. The van der Waals surface area contributed by atoms with Crippen molar-refractivity contribution < 1.29 is 9.84 Å². The van der Waals surface area contributed by atoms with Crippen molar-refractivity contribution in [1.29, 1.82) is 0 Å². The highest BCUT2D eigenvalue weighted by atomic mass is 35.5. The zero-order chi connectivity index (χ0) is 22.0. The zero-order valence-electron chi connectivity index (χ0n) is 17.1. The van der Waals surface area contributed by atoms with E-state index in [1.807, 2.05) is 25.1 Å². The van der Waals surface area contributed by atoms with Crippen molar-refractivity contribution in [3.05, 3.63) is 70.1 Å². The molecule has 1 aliphatic rings. The molecule has 3 atom stereocenters. The van der Waals surface area contributed by atoms with Crippen LogP contribution >= 0.6 is 23.2 Å². The quantitative estimate of drug-likeness (QED) is 0.516. The van der Waals surface area contributed by atoms with Crippen LogP contribution in [-0.4, -0.2) is 34.3 Å². The number of halogens is 2. The van der Waals surface area contributed by atoms with E-state index in [-0.39, 0.29) is 17.8 Å². The molecule has 6 nitrogen and oxygen atoms in total. The molecule has 0 radical (unpaired) electrons. The Hall–Kier alpha value is -2.38. The number of hydrogen-bond donors (Lipinski definition) is 3. The van der Waals surface area contributed by atoms with E-state index in [2.05, 4.69) is 15.3 Å². The Morgan fingerprint density at radius 1 is 1.13 bits per heavy atom. The highest BCUT2D eigenvalue weighted by Gasteiger charge is 2.25. The summed E-state index contributed by atoms with van der Waals surface area (Å²) >= 11 is 12.6. The predicted molar refractivity (Wildman–Crippen MR) is 124 cm³/mol. The Morgan fingerprint density at radius 3 is 2.55 bits per heavy atom. The fraction of sp³-hybridized carbons (Fsp3) is 0.304. The van der Waals surface area contributed by atoms with Gasteiger partial charge in [-0.1, -0.05) is 35.3 Å². The van der Waals surface area contributed by atoms with Crippen LogP contribution in [0.5, 0.6) is 5.75 Å². The van der Waals surface area contributed by atoms with Crippen LogP contribution in [0.15, 0.2) is 48.8 Å². The number of nitrogen functional groups attached to an aromatic ring is 1. The molecule has 3 heterocycles. The number of rotatable bonds is 5. The predicted octanol–water partition coefficient (Wildman–Crippen LogP) is 4.61. The molecule has 0 amide bonds. The summed E-state index contributed by atoms with van der Waals surface area (Å²) in [5.74, 6) is 0.712. The molecule has 4 N–H and O–H groups in total. The number of nitrogens with one attached hydrogen (secondary N) is 1. The fourth-order valence-corrected chi connectivity index (χ4v) is 4.50. The van der Waals surface area contributed by atoms with Gasteiger partial charge in [-0.05, 0) is 44.2 Å². The first-order valence-corrected chi connectivity index (χ1v) is 10.9. The van der Waals surface area contributed by atoms with Crippen LogP contribution in [0.3, 0.4) is 0 Å². The molecule has 0 bridgehead atoms. The topological polar surface area (TPSA) is 93.3 Å². The van der Waals surface area contributed by atoms with E-state index in [1.54, 1.807) is 30.6 Å². The summed E-state index contributed by atoms with van der Waals surface area (Å²) in [7, 11) is 0. The van der Waals surface area contributed by atoms with Crippen LogP contribution in [0, 0.1) is 0 Å². The number of aliphatic hydroxyl groups excluding tert-OH is 1. The molecule has 1 aliphatic heterocycles. The van der Waals surface area contributed by atoms with Crippen LogP contribution in [0.4, 0.5) is 5.82 Å². The van der Waals surface area contributed by atoms with Crippen molar-refractivity contribution in [2.75, 3.05) is 18.8 Å². The highest BCUT2D eigenvalue weighted by molar-refractivity contribution is 6.36. The number of aliphatic hydroxyl groups is 1. The summed E-state index contributed by atoms with van der Waals surface area (Å²) < 4.78 is 6.07. The number of aromatic nitrogens is 2. The van der Waals surface area contributed by atoms with Gasteiger partial charge in [-0.2, -0.15) is 0 Å². The third-order valence-corrected chi connectivity index (χ3v) is 6.20. The smallest absolute Gasteiger partial charge is 0.166 e. The number of hydrogen-bond acceptors (Lipinski definition) is 6. The molecule has 0 saturated carbocycles. The molecule has 31 heavy (non-hydrogen) atoms. The lowest BCUT2D eigenvalue weighted by Gasteiger charge is -2.27. The lowest BCUT2D eigenvalue weighted by Crippen LogP contribution is -2.38. The minimum absolute atomic E-state index is 0.00699. The van der Waals surface area contributed by atoms with E-state index < -0.39 is 6.10 Å². The number of benzene rings is 1.